The summed E-state index contributed by atoms with van der Waals surface area (Å²) in [6, 6.07) is 8.21. The molecule has 0 aromatic heterocycles. The predicted molar refractivity (Wildman–Crippen MR) is 70.4 cm³/mol. The molecule has 0 fully saturated rings. The molecule has 0 saturated carbocycles. The van der Waals surface area contributed by atoms with E-state index in [9.17, 15) is 0 Å². The topological polar surface area (TPSA) is 18.5 Å². The van der Waals surface area contributed by atoms with Crippen molar-refractivity contribution in [3.05, 3.63) is 42.0 Å². The van der Waals surface area contributed by atoms with Crippen LogP contribution in [0.1, 0.15) is 18.1 Å². The predicted octanol–water partition coefficient (Wildman–Crippen LogP) is 3.58. The van der Waals surface area contributed by atoms with E-state index in [4.69, 9.17) is 8.85 Å². The van der Waals surface area contributed by atoms with Gasteiger partial charge in [0.2, 0.25) is 0 Å². The highest BCUT2D eigenvalue weighted by Gasteiger charge is 2.23. The molecule has 1 aromatic rings. The molecule has 0 N–H and O–H groups in total. The van der Waals surface area contributed by atoms with Crippen LogP contribution in [0.2, 0.25) is 13.1 Å². The summed E-state index contributed by atoms with van der Waals surface area (Å²) in [6.45, 7) is 11.2. The van der Waals surface area contributed by atoms with Gasteiger partial charge >= 0.3 is 8.56 Å². The summed E-state index contributed by atoms with van der Waals surface area (Å²) in [5.41, 5.74) is 2.30. The van der Waals surface area contributed by atoms with Crippen LogP contribution in [0.4, 0.5) is 0 Å². The van der Waals surface area contributed by atoms with E-state index in [2.05, 4.69) is 31.8 Å². The highest BCUT2D eigenvalue weighted by Crippen LogP contribution is 2.12. The molecule has 0 amide bonds. The Balaban J connectivity index is 2.51. The average molecular weight is 236 g/mol. The van der Waals surface area contributed by atoms with E-state index in [-0.39, 0.29) is 0 Å². The standard InChI is InChI=1S/C13H20O2Si/c1-5-12-7-9-13(10-8-12)11-15-16(3,4)14-6-2/h5,7-10H,1,6,11H2,2-4H3. The molecule has 0 aliphatic rings. The molecule has 0 heterocycles. The molecule has 0 bridgehead atoms. The quantitative estimate of drug-likeness (QED) is 0.703. The van der Waals surface area contributed by atoms with Crippen LogP contribution in [0, 0.1) is 0 Å². The molecule has 0 radical (unpaired) electrons. The molecule has 3 heteroatoms. The van der Waals surface area contributed by atoms with Gasteiger partial charge in [0, 0.05) is 6.61 Å². The Morgan fingerprint density at radius 1 is 1.19 bits per heavy atom. The summed E-state index contributed by atoms with van der Waals surface area (Å²) in [4.78, 5) is 0. The summed E-state index contributed by atoms with van der Waals surface area (Å²) in [7, 11) is -1.93. The van der Waals surface area contributed by atoms with Crippen molar-refractivity contribution in [2.45, 2.75) is 26.6 Å². The third kappa shape index (κ3) is 4.31. The Morgan fingerprint density at radius 3 is 2.31 bits per heavy atom. The van der Waals surface area contributed by atoms with Crippen molar-refractivity contribution in [2.24, 2.45) is 0 Å². The van der Waals surface area contributed by atoms with Crippen molar-refractivity contribution < 1.29 is 8.85 Å². The van der Waals surface area contributed by atoms with Crippen molar-refractivity contribution in [2.75, 3.05) is 6.61 Å². The minimum atomic E-state index is -1.93. The maximum atomic E-state index is 5.82. The van der Waals surface area contributed by atoms with Gasteiger partial charge in [0.1, 0.15) is 0 Å². The molecule has 0 spiro atoms. The van der Waals surface area contributed by atoms with E-state index in [0.29, 0.717) is 13.2 Å². The molecule has 2 nitrogen and oxygen atoms in total. The smallest absolute Gasteiger partial charge is 0.331 e. The van der Waals surface area contributed by atoms with Crippen molar-refractivity contribution in [3.63, 3.8) is 0 Å². The lowest BCUT2D eigenvalue weighted by molar-refractivity contribution is 0.179. The van der Waals surface area contributed by atoms with Gasteiger partial charge in [-0.15, -0.1) is 0 Å². The van der Waals surface area contributed by atoms with Gasteiger partial charge < -0.3 is 8.85 Å². The van der Waals surface area contributed by atoms with Gasteiger partial charge in [0.25, 0.3) is 0 Å². The molecule has 1 aromatic carbocycles. The van der Waals surface area contributed by atoms with Gasteiger partial charge in [-0.3, -0.25) is 0 Å². The minimum absolute atomic E-state index is 0.622. The summed E-state index contributed by atoms with van der Waals surface area (Å²) in [5, 5.41) is 0. The van der Waals surface area contributed by atoms with Crippen LogP contribution in [0.25, 0.3) is 6.08 Å². The van der Waals surface area contributed by atoms with Gasteiger partial charge in [-0.2, -0.15) is 0 Å². The number of hydrogen-bond acceptors (Lipinski definition) is 2. The largest absolute Gasteiger partial charge is 0.395 e. The van der Waals surface area contributed by atoms with Crippen molar-refractivity contribution >= 4 is 14.6 Å². The number of rotatable bonds is 6. The van der Waals surface area contributed by atoms with Gasteiger partial charge in [-0.1, -0.05) is 36.9 Å². The fourth-order valence-electron chi connectivity index (χ4n) is 1.40. The normalized spacial score (nSPS) is 11.4. The van der Waals surface area contributed by atoms with E-state index in [1.807, 2.05) is 25.1 Å². The first-order chi connectivity index (χ1) is 7.57. The van der Waals surface area contributed by atoms with Crippen LogP contribution in [0.5, 0.6) is 0 Å². The van der Waals surface area contributed by atoms with Crippen molar-refractivity contribution in [3.8, 4) is 0 Å². The molecule has 0 aliphatic carbocycles. The third-order valence-electron chi connectivity index (χ3n) is 2.29. The Labute approximate surface area is 99.2 Å². The van der Waals surface area contributed by atoms with Crippen LogP contribution < -0.4 is 0 Å². The molecule has 0 aliphatic heterocycles. The summed E-state index contributed by atoms with van der Waals surface area (Å²) < 4.78 is 11.4. The van der Waals surface area contributed by atoms with Gasteiger partial charge in [-0.25, -0.2) is 0 Å². The first kappa shape index (κ1) is 13.2. The second kappa shape index (κ2) is 5.99. The summed E-state index contributed by atoms with van der Waals surface area (Å²) in [5.74, 6) is 0. The monoisotopic (exact) mass is 236 g/mol. The molecule has 16 heavy (non-hydrogen) atoms. The Kier molecular flexibility index (Phi) is 4.93. The zero-order valence-corrected chi connectivity index (χ0v) is 11.3. The summed E-state index contributed by atoms with van der Waals surface area (Å²) in [6.07, 6.45) is 1.84. The van der Waals surface area contributed by atoms with Crippen molar-refractivity contribution in [1.29, 1.82) is 0 Å². The van der Waals surface area contributed by atoms with Crippen LogP contribution in [0.15, 0.2) is 30.8 Å². The Hall–Kier alpha value is -0.903. The zero-order chi connectivity index (χ0) is 12.0. The third-order valence-corrected chi connectivity index (χ3v) is 4.12. The van der Waals surface area contributed by atoms with E-state index >= 15 is 0 Å². The van der Waals surface area contributed by atoms with E-state index in [1.165, 1.54) is 5.56 Å². The number of hydrogen-bond donors (Lipinski definition) is 0. The van der Waals surface area contributed by atoms with E-state index in [0.717, 1.165) is 5.56 Å². The van der Waals surface area contributed by atoms with Gasteiger partial charge in [0.15, 0.2) is 0 Å². The molecule has 0 unspecified atom stereocenters. The lowest BCUT2D eigenvalue weighted by Gasteiger charge is -2.21. The molecule has 0 atom stereocenters. The summed E-state index contributed by atoms with van der Waals surface area (Å²) >= 11 is 0. The average Bonchev–Trinajstić information content (AvgIpc) is 2.27. The van der Waals surface area contributed by atoms with Gasteiger partial charge in [-0.05, 0) is 31.1 Å². The van der Waals surface area contributed by atoms with Crippen molar-refractivity contribution in [1.82, 2.24) is 0 Å². The fraction of sp³-hybridized carbons (Fsp3) is 0.385. The van der Waals surface area contributed by atoms with E-state index < -0.39 is 8.56 Å². The molecular weight excluding hydrogens is 216 g/mol. The first-order valence-electron chi connectivity index (χ1n) is 5.56. The number of benzene rings is 1. The molecule has 88 valence electrons. The maximum Gasteiger partial charge on any atom is 0.331 e. The van der Waals surface area contributed by atoms with Crippen LogP contribution in [0.3, 0.4) is 0 Å². The van der Waals surface area contributed by atoms with E-state index in [1.54, 1.807) is 0 Å². The zero-order valence-electron chi connectivity index (χ0n) is 10.3. The second-order valence-electron chi connectivity index (χ2n) is 4.07. The van der Waals surface area contributed by atoms with Crippen LogP contribution in [-0.4, -0.2) is 15.2 Å². The maximum absolute atomic E-state index is 5.82. The van der Waals surface area contributed by atoms with Crippen LogP contribution >= 0.6 is 0 Å². The Bertz CT molecular complexity index is 330. The molecule has 0 saturated heterocycles. The lowest BCUT2D eigenvalue weighted by atomic mass is 10.1. The first-order valence-corrected chi connectivity index (χ1v) is 8.38. The SMILES string of the molecule is C=Cc1ccc(CO[Si](C)(C)OCC)cc1. The highest BCUT2D eigenvalue weighted by molar-refractivity contribution is 6.64. The lowest BCUT2D eigenvalue weighted by Crippen LogP contribution is -2.34. The highest BCUT2D eigenvalue weighted by atomic mass is 28.4. The minimum Gasteiger partial charge on any atom is -0.395 e. The van der Waals surface area contributed by atoms with Crippen LogP contribution in [-0.2, 0) is 15.5 Å². The Morgan fingerprint density at radius 2 is 1.81 bits per heavy atom. The molecule has 1 rings (SSSR count). The second-order valence-corrected chi connectivity index (χ2v) is 7.44. The fourth-order valence-corrected chi connectivity index (χ4v) is 2.69. The molecular formula is C13H20O2Si. The van der Waals surface area contributed by atoms with Gasteiger partial charge in [0.05, 0.1) is 6.61 Å².